The molecular weight excluding hydrogens is 318 g/mol. The van der Waals surface area contributed by atoms with Crippen LogP contribution in [0.15, 0.2) is 22.9 Å². The van der Waals surface area contributed by atoms with Gasteiger partial charge in [0.1, 0.15) is 11.9 Å². The largest absolute Gasteiger partial charge is 0.367 e. The van der Waals surface area contributed by atoms with E-state index in [9.17, 15) is 0 Å². The van der Waals surface area contributed by atoms with Gasteiger partial charge in [-0.3, -0.25) is 4.90 Å². The molecule has 0 spiro atoms. The first-order valence-electron chi connectivity index (χ1n) is 8.89. The highest BCUT2D eigenvalue weighted by Crippen LogP contribution is 2.40. The van der Waals surface area contributed by atoms with Crippen LogP contribution in [0.3, 0.4) is 0 Å². The second-order valence-electron chi connectivity index (χ2n) is 7.29. The normalized spacial score (nSPS) is 26.6. The molecule has 0 N–H and O–H groups in total. The van der Waals surface area contributed by atoms with E-state index in [0.29, 0.717) is 5.92 Å². The Bertz CT molecular complexity index is 732. The highest BCUT2D eigenvalue weighted by atomic mass is 16.5. The third kappa shape index (κ3) is 3.52. The quantitative estimate of drug-likeness (QED) is 0.843. The maximum atomic E-state index is 6.36. The minimum Gasteiger partial charge on any atom is -0.367 e. The number of fused-ring (bicyclic) bond motifs is 1. The molecular formula is C18H25N5O2. The first kappa shape index (κ1) is 16.5. The number of nitrogens with zero attached hydrogens (tertiary/aromatic N) is 5. The summed E-state index contributed by atoms with van der Waals surface area (Å²) >= 11 is 0. The van der Waals surface area contributed by atoms with Crippen molar-refractivity contribution in [3.05, 3.63) is 35.5 Å². The van der Waals surface area contributed by atoms with Crippen LogP contribution in [0.25, 0.3) is 0 Å². The van der Waals surface area contributed by atoms with Crippen molar-refractivity contribution in [2.24, 2.45) is 5.92 Å². The Balaban J connectivity index is 1.40. The Labute approximate surface area is 148 Å². The van der Waals surface area contributed by atoms with Gasteiger partial charge in [-0.1, -0.05) is 5.16 Å². The van der Waals surface area contributed by atoms with Gasteiger partial charge in [0, 0.05) is 39.4 Å². The van der Waals surface area contributed by atoms with E-state index in [1.165, 1.54) is 0 Å². The average molecular weight is 343 g/mol. The van der Waals surface area contributed by atoms with Gasteiger partial charge in [-0.05, 0) is 38.3 Å². The number of aryl methyl sites for hydroxylation is 1. The number of ether oxygens (including phenoxy) is 1. The molecule has 2 aromatic heterocycles. The van der Waals surface area contributed by atoms with Crippen LogP contribution < -0.4 is 4.90 Å². The maximum absolute atomic E-state index is 6.36. The summed E-state index contributed by atoms with van der Waals surface area (Å²) in [6, 6.07) is 3.99. The number of aromatic nitrogens is 3. The second-order valence-corrected chi connectivity index (χ2v) is 7.29. The molecule has 2 aromatic rings. The van der Waals surface area contributed by atoms with Crippen molar-refractivity contribution in [3.63, 3.8) is 0 Å². The van der Waals surface area contributed by atoms with Crippen molar-refractivity contribution in [1.29, 1.82) is 0 Å². The lowest BCUT2D eigenvalue weighted by Crippen LogP contribution is -2.41. The highest BCUT2D eigenvalue weighted by Gasteiger charge is 2.40. The molecule has 4 heterocycles. The minimum absolute atomic E-state index is 0.0749. The lowest BCUT2D eigenvalue weighted by Gasteiger charge is -2.33. The van der Waals surface area contributed by atoms with Crippen molar-refractivity contribution in [3.8, 4) is 0 Å². The minimum atomic E-state index is 0.0749. The van der Waals surface area contributed by atoms with Gasteiger partial charge in [-0.15, -0.1) is 0 Å². The number of rotatable bonds is 4. The summed E-state index contributed by atoms with van der Waals surface area (Å²) in [5.41, 5.74) is 1.99. The third-order valence-corrected chi connectivity index (χ3v) is 5.09. The second kappa shape index (κ2) is 6.72. The van der Waals surface area contributed by atoms with Gasteiger partial charge in [0.25, 0.3) is 0 Å². The van der Waals surface area contributed by atoms with E-state index < -0.39 is 0 Å². The number of hydrogen-bond donors (Lipinski definition) is 0. The van der Waals surface area contributed by atoms with Crippen molar-refractivity contribution in [1.82, 2.24) is 20.0 Å². The zero-order valence-electron chi connectivity index (χ0n) is 15.1. The van der Waals surface area contributed by atoms with Gasteiger partial charge >= 0.3 is 0 Å². The number of anilines is 1. The number of likely N-dealkylation sites (tertiary alicyclic amines) is 1. The molecule has 4 rings (SSSR count). The summed E-state index contributed by atoms with van der Waals surface area (Å²) in [4.78, 5) is 13.3. The van der Waals surface area contributed by atoms with Crippen LogP contribution in [0.5, 0.6) is 0 Å². The van der Waals surface area contributed by atoms with Crippen LogP contribution in [-0.4, -0.2) is 53.3 Å². The van der Waals surface area contributed by atoms with Gasteiger partial charge in [-0.2, -0.15) is 0 Å². The first-order chi connectivity index (χ1) is 12.1. The summed E-state index contributed by atoms with van der Waals surface area (Å²) in [6.07, 6.45) is 4.37. The molecule has 2 aliphatic rings. The summed E-state index contributed by atoms with van der Waals surface area (Å²) < 4.78 is 11.5. The van der Waals surface area contributed by atoms with Gasteiger partial charge in [0.15, 0.2) is 0 Å². The molecule has 3 atom stereocenters. The van der Waals surface area contributed by atoms with Gasteiger partial charge < -0.3 is 14.2 Å². The summed E-state index contributed by atoms with van der Waals surface area (Å²) in [7, 11) is 3.91. The van der Waals surface area contributed by atoms with Crippen molar-refractivity contribution < 1.29 is 9.26 Å². The zero-order valence-corrected chi connectivity index (χ0v) is 15.1. The fourth-order valence-corrected chi connectivity index (χ4v) is 3.81. The fourth-order valence-electron chi connectivity index (χ4n) is 3.81. The van der Waals surface area contributed by atoms with Crippen LogP contribution in [-0.2, 0) is 11.3 Å². The third-order valence-electron chi connectivity index (χ3n) is 5.09. The molecule has 0 bridgehead atoms. The van der Waals surface area contributed by atoms with E-state index in [1.807, 2.05) is 44.2 Å². The predicted molar refractivity (Wildman–Crippen MR) is 93.2 cm³/mol. The van der Waals surface area contributed by atoms with Gasteiger partial charge in [0.05, 0.1) is 17.5 Å². The van der Waals surface area contributed by atoms with Crippen molar-refractivity contribution >= 4 is 5.95 Å². The molecule has 0 saturated carbocycles. The molecule has 0 amide bonds. The van der Waals surface area contributed by atoms with Gasteiger partial charge in [0.2, 0.25) is 5.95 Å². The molecule has 0 aromatic carbocycles. The topological polar surface area (TPSA) is 67.5 Å². The van der Waals surface area contributed by atoms with Crippen LogP contribution in [0, 0.1) is 12.8 Å². The molecule has 0 aliphatic carbocycles. The van der Waals surface area contributed by atoms with Crippen LogP contribution in [0.1, 0.15) is 36.1 Å². The Morgan fingerprint density at radius 1 is 1.36 bits per heavy atom. The Kier molecular flexibility index (Phi) is 4.43. The van der Waals surface area contributed by atoms with Crippen molar-refractivity contribution in [2.75, 3.05) is 32.1 Å². The lowest BCUT2D eigenvalue weighted by molar-refractivity contribution is -0.0110. The lowest BCUT2D eigenvalue weighted by atomic mass is 9.91. The first-order valence-corrected chi connectivity index (χ1v) is 8.89. The Hall–Kier alpha value is -1.99. The van der Waals surface area contributed by atoms with Gasteiger partial charge in [-0.25, -0.2) is 9.97 Å². The smallest absolute Gasteiger partial charge is 0.225 e. The SMILES string of the molecule is Cc1cc(CN2CC[C@H]3C[C@@H](c4ccnc(N(C)C)n4)O[C@@H]3C2)no1. The number of piperidine rings is 1. The monoisotopic (exact) mass is 343 g/mol. The molecule has 0 radical (unpaired) electrons. The zero-order chi connectivity index (χ0) is 17.4. The molecule has 7 nitrogen and oxygen atoms in total. The standard InChI is InChI=1S/C18H25N5O2/c1-12-8-14(21-25-12)10-23-7-5-13-9-16(24-17(13)11-23)15-4-6-19-18(20-15)22(2)3/h4,6,8,13,16-17H,5,7,9-11H2,1-3H3/t13-,16-,17+/m0/s1. The van der Waals surface area contributed by atoms with E-state index in [-0.39, 0.29) is 12.2 Å². The van der Waals surface area contributed by atoms with Crippen molar-refractivity contribution in [2.45, 2.75) is 38.5 Å². The molecule has 7 heteroatoms. The maximum Gasteiger partial charge on any atom is 0.225 e. The van der Waals surface area contributed by atoms with E-state index in [0.717, 1.165) is 55.6 Å². The Morgan fingerprint density at radius 3 is 3.00 bits per heavy atom. The molecule has 134 valence electrons. The van der Waals surface area contributed by atoms with E-state index in [1.54, 1.807) is 0 Å². The number of hydrogen-bond acceptors (Lipinski definition) is 7. The predicted octanol–water partition coefficient (Wildman–Crippen LogP) is 2.19. The summed E-state index contributed by atoms with van der Waals surface area (Å²) in [5.74, 6) is 2.21. The molecule has 2 fully saturated rings. The van der Waals surface area contributed by atoms with Crippen LogP contribution in [0.4, 0.5) is 5.95 Å². The van der Waals surface area contributed by atoms with Crippen LogP contribution in [0.2, 0.25) is 0 Å². The summed E-state index contributed by atoms with van der Waals surface area (Å²) in [6.45, 7) is 4.78. The average Bonchev–Trinajstić information content (AvgIpc) is 3.20. The molecule has 25 heavy (non-hydrogen) atoms. The van der Waals surface area contributed by atoms with E-state index in [4.69, 9.17) is 9.26 Å². The summed E-state index contributed by atoms with van der Waals surface area (Å²) in [5, 5.41) is 4.11. The van der Waals surface area contributed by atoms with E-state index in [2.05, 4.69) is 20.0 Å². The van der Waals surface area contributed by atoms with Crippen LogP contribution >= 0.6 is 0 Å². The molecule has 2 saturated heterocycles. The highest BCUT2D eigenvalue weighted by molar-refractivity contribution is 5.28. The van der Waals surface area contributed by atoms with E-state index >= 15 is 0 Å². The fraction of sp³-hybridized carbons (Fsp3) is 0.611. The molecule has 0 unspecified atom stereocenters. The Morgan fingerprint density at radius 2 is 2.24 bits per heavy atom. The molecule has 2 aliphatic heterocycles.